The van der Waals surface area contributed by atoms with Crippen molar-refractivity contribution in [3.05, 3.63) is 57.9 Å². The average molecular weight is 288 g/mol. The van der Waals surface area contributed by atoms with Crippen LogP contribution in [0.5, 0.6) is 0 Å². The van der Waals surface area contributed by atoms with E-state index in [9.17, 15) is 14.9 Å². The van der Waals surface area contributed by atoms with Crippen molar-refractivity contribution in [2.24, 2.45) is 0 Å². The first-order chi connectivity index (χ1) is 10.0. The van der Waals surface area contributed by atoms with Crippen LogP contribution in [0.2, 0.25) is 0 Å². The van der Waals surface area contributed by atoms with E-state index in [0.717, 1.165) is 5.56 Å². The lowest BCUT2D eigenvalue weighted by Crippen LogP contribution is -2.25. The molecule has 110 valence electrons. The minimum atomic E-state index is -0.511. The highest BCUT2D eigenvalue weighted by atomic mass is 16.6. The van der Waals surface area contributed by atoms with Gasteiger partial charge in [0.25, 0.3) is 11.6 Å². The summed E-state index contributed by atoms with van der Waals surface area (Å²) in [7, 11) is 0. The van der Waals surface area contributed by atoms with Crippen LogP contribution in [0, 0.1) is 10.1 Å². The first kappa shape index (κ1) is 14.6. The molecule has 0 spiro atoms. The Morgan fingerprint density at radius 1 is 1.38 bits per heavy atom. The molecular weight excluding hydrogens is 272 g/mol. The van der Waals surface area contributed by atoms with Crippen LogP contribution in [0.3, 0.4) is 0 Å². The van der Waals surface area contributed by atoms with Crippen molar-refractivity contribution < 1.29 is 9.72 Å². The number of nitrogens with zero attached hydrogens (tertiary/aromatic N) is 2. The molecule has 7 nitrogen and oxygen atoms in total. The number of nitrogens with one attached hydrogen (secondary N) is 1. The number of hydrogen-bond donors (Lipinski definition) is 2. The van der Waals surface area contributed by atoms with Crippen molar-refractivity contribution in [1.29, 1.82) is 0 Å². The van der Waals surface area contributed by atoms with Gasteiger partial charge >= 0.3 is 0 Å². The van der Waals surface area contributed by atoms with Gasteiger partial charge in [0.05, 0.1) is 11.1 Å². The molecule has 1 amide bonds. The third-order valence-electron chi connectivity index (χ3n) is 3.10. The van der Waals surface area contributed by atoms with Crippen molar-refractivity contribution in [3.8, 4) is 0 Å². The monoisotopic (exact) mass is 288 g/mol. The third-order valence-corrected chi connectivity index (χ3v) is 3.10. The number of aromatic nitrogens is 1. The molecule has 2 rings (SSSR count). The van der Waals surface area contributed by atoms with E-state index in [-0.39, 0.29) is 17.3 Å². The van der Waals surface area contributed by atoms with E-state index < -0.39 is 4.92 Å². The minimum Gasteiger partial charge on any atom is -0.399 e. The summed E-state index contributed by atoms with van der Waals surface area (Å²) in [5.41, 5.74) is 7.33. The summed E-state index contributed by atoms with van der Waals surface area (Å²) in [6, 6.07) is 8.41. The SMILES string of the molecule is CCn1cc([N+](=O)[O-])cc1C(=O)NCc1ccc(N)cc1. The molecule has 3 N–H and O–H groups in total. The molecule has 0 unspecified atom stereocenters. The standard InChI is InChI=1S/C14H16N4O3/c1-2-17-9-12(18(20)21)7-13(17)14(19)16-8-10-3-5-11(15)6-4-10/h3-7,9H,2,8,15H2,1H3,(H,16,19). The Bertz CT molecular complexity index is 661. The second-order valence-electron chi connectivity index (χ2n) is 4.55. The van der Waals surface area contributed by atoms with Crippen LogP contribution < -0.4 is 11.1 Å². The Morgan fingerprint density at radius 3 is 2.62 bits per heavy atom. The third kappa shape index (κ3) is 3.38. The lowest BCUT2D eigenvalue weighted by atomic mass is 10.2. The maximum atomic E-state index is 12.1. The average Bonchev–Trinajstić information content (AvgIpc) is 2.91. The molecule has 7 heteroatoms. The Morgan fingerprint density at radius 2 is 2.05 bits per heavy atom. The Balaban J connectivity index is 2.09. The lowest BCUT2D eigenvalue weighted by Gasteiger charge is -2.07. The van der Waals surface area contributed by atoms with E-state index in [0.29, 0.717) is 18.8 Å². The zero-order chi connectivity index (χ0) is 15.4. The van der Waals surface area contributed by atoms with Crippen LogP contribution in [-0.2, 0) is 13.1 Å². The molecular formula is C14H16N4O3. The molecule has 0 atom stereocenters. The summed E-state index contributed by atoms with van der Waals surface area (Å²) < 4.78 is 1.55. The highest BCUT2D eigenvalue weighted by Gasteiger charge is 2.18. The van der Waals surface area contributed by atoms with Gasteiger partial charge in [-0.25, -0.2) is 0 Å². The van der Waals surface area contributed by atoms with Gasteiger partial charge in [-0.05, 0) is 24.6 Å². The van der Waals surface area contributed by atoms with E-state index in [4.69, 9.17) is 5.73 Å². The van der Waals surface area contributed by atoms with Gasteiger partial charge in [0.2, 0.25) is 0 Å². The Labute approximate surface area is 121 Å². The van der Waals surface area contributed by atoms with Gasteiger partial charge in [0.15, 0.2) is 0 Å². The molecule has 21 heavy (non-hydrogen) atoms. The topological polar surface area (TPSA) is 103 Å². The molecule has 0 aliphatic rings. The molecule has 0 saturated heterocycles. The quantitative estimate of drug-likeness (QED) is 0.498. The lowest BCUT2D eigenvalue weighted by molar-refractivity contribution is -0.384. The van der Waals surface area contributed by atoms with Crippen LogP contribution in [0.15, 0.2) is 36.5 Å². The normalized spacial score (nSPS) is 10.3. The molecule has 0 fully saturated rings. The van der Waals surface area contributed by atoms with E-state index in [1.807, 2.05) is 19.1 Å². The van der Waals surface area contributed by atoms with Crippen LogP contribution in [0.1, 0.15) is 23.0 Å². The predicted octanol–water partition coefficient (Wildman–Crippen LogP) is 1.93. The van der Waals surface area contributed by atoms with Crippen molar-refractivity contribution in [1.82, 2.24) is 9.88 Å². The summed E-state index contributed by atoms with van der Waals surface area (Å²) in [6.07, 6.45) is 1.36. The smallest absolute Gasteiger partial charge is 0.287 e. The minimum absolute atomic E-state index is 0.0884. The van der Waals surface area contributed by atoms with E-state index in [1.54, 1.807) is 16.7 Å². The number of anilines is 1. The predicted molar refractivity (Wildman–Crippen MR) is 78.8 cm³/mol. The van der Waals surface area contributed by atoms with E-state index in [1.165, 1.54) is 12.3 Å². The second kappa shape index (κ2) is 6.08. The fourth-order valence-electron chi connectivity index (χ4n) is 1.96. The molecule has 2 aromatic rings. The van der Waals surface area contributed by atoms with Crippen LogP contribution in [0.4, 0.5) is 11.4 Å². The van der Waals surface area contributed by atoms with Crippen molar-refractivity contribution in [3.63, 3.8) is 0 Å². The van der Waals surface area contributed by atoms with Gasteiger partial charge in [0, 0.05) is 24.8 Å². The van der Waals surface area contributed by atoms with E-state index in [2.05, 4.69) is 5.32 Å². The van der Waals surface area contributed by atoms with Gasteiger partial charge in [0.1, 0.15) is 5.69 Å². The first-order valence-corrected chi connectivity index (χ1v) is 6.48. The van der Waals surface area contributed by atoms with Crippen LogP contribution >= 0.6 is 0 Å². The highest BCUT2D eigenvalue weighted by molar-refractivity contribution is 5.93. The number of aryl methyl sites for hydroxylation is 1. The van der Waals surface area contributed by atoms with Gasteiger partial charge in [-0.3, -0.25) is 14.9 Å². The number of benzene rings is 1. The summed E-state index contributed by atoms with van der Waals surface area (Å²) >= 11 is 0. The molecule has 1 aromatic heterocycles. The van der Waals surface area contributed by atoms with Crippen molar-refractivity contribution in [2.45, 2.75) is 20.0 Å². The Hall–Kier alpha value is -2.83. The number of carbonyl (C=O) groups excluding carboxylic acids is 1. The summed E-state index contributed by atoms with van der Waals surface area (Å²) in [5.74, 6) is -0.346. The largest absolute Gasteiger partial charge is 0.399 e. The van der Waals surface area contributed by atoms with Crippen LogP contribution in [0.25, 0.3) is 0 Å². The first-order valence-electron chi connectivity index (χ1n) is 6.48. The maximum absolute atomic E-state index is 12.1. The van der Waals surface area contributed by atoms with Gasteiger partial charge in [-0.1, -0.05) is 12.1 Å². The molecule has 0 bridgehead atoms. The molecule has 0 aliphatic heterocycles. The fraction of sp³-hybridized carbons (Fsp3) is 0.214. The fourth-order valence-corrected chi connectivity index (χ4v) is 1.96. The van der Waals surface area contributed by atoms with Gasteiger partial charge < -0.3 is 15.6 Å². The molecule has 0 saturated carbocycles. The van der Waals surface area contributed by atoms with Gasteiger partial charge in [-0.15, -0.1) is 0 Å². The zero-order valence-electron chi connectivity index (χ0n) is 11.6. The number of nitrogens with two attached hydrogens (primary N) is 1. The molecule has 1 aromatic carbocycles. The van der Waals surface area contributed by atoms with Crippen molar-refractivity contribution in [2.75, 3.05) is 5.73 Å². The number of rotatable bonds is 5. The molecule has 1 heterocycles. The maximum Gasteiger partial charge on any atom is 0.287 e. The number of nitrogen functional groups attached to an aromatic ring is 1. The number of carbonyl (C=O) groups is 1. The second-order valence-corrected chi connectivity index (χ2v) is 4.55. The van der Waals surface area contributed by atoms with Crippen LogP contribution in [-0.4, -0.2) is 15.4 Å². The summed E-state index contributed by atoms with van der Waals surface area (Å²) in [6.45, 7) is 2.64. The number of hydrogen-bond acceptors (Lipinski definition) is 4. The molecule has 0 radical (unpaired) electrons. The van der Waals surface area contributed by atoms with E-state index >= 15 is 0 Å². The Kier molecular flexibility index (Phi) is 4.22. The number of nitro groups is 1. The summed E-state index contributed by atoms with van der Waals surface area (Å²) in [4.78, 5) is 22.4. The molecule has 0 aliphatic carbocycles. The number of amides is 1. The summed E-state index contributed by atoms with van der Waals surface area (Å²) in [5, 5.41) is 13.5. The van der Waals surface area contributed by atoms with Gasteiger partial charge in [-0.2, -0.15) is 0 Å². The zero-order valence-corrected chi connectivity index (χ0v) is 11.6. The highest BCUT2D eigenvalue weighted by Crippen LogP contribution is 2.16. The van der Waals surface area contributed by atoms with Crippen molar-refractivity contribution >= 4 is 17.3 Å².